The summed E-state index contributed by atoms with van der Waals surface area (Å²) in [5.41, 5.74) is -0.840. The zero-order valence-corrected chi connectivity index (χ0v) is 9.13. The van der Waals surface area contributed by atoms with Crippen molar-refractivity contribution in [1.82, 2.24) is 0 Å². The van der Waals surface area contributed by atoms with Crippen molar-refractivity contribution in [2.24, 2.45) is 5.92 Å². The van der Waals surface area contributed by atoms with Crippen molar-refractivity contribution < 1.29 is 14.3 Å². The number of hydrogen-bond acceptors (Lipinski definition) is 3. The van der Waals surface area contributed by atoms with Gasteiger partial charge in [-0.25, -0.2) is 4.79 Å². The van der Waals surface area contributed by atoms with E-state index in [2.05, 4.69) is 6.92 Å². The van der Waals surface area contributed by atoms with Crippen molar-refractivity contribution >= 4 is 5.97 Å². The molecule has 3 unspecified atom stereocenters. The lowest BCUT2D eigenvalue weighted by atomic mass is 9.83. The van der Waals surface area contributed by atoms with Crippen LogP contribution < -0.4 is 0 Å². The van der Waals surface area contributed by atoms with Crippen LogP contribution in [0.1, 0.15) is 39.5 Å². The predicted octanol–water partition coefficient (Wildman–Crippen LogP) is 1.90. The highest BCUT2D eigenvalue weighted by atomic mass is 16.7. The molecule has 1 saturated carbocycles. The molecule has 2 fully saturated rings. The molecular formula is C11H18O3. The second-order valence-electron chi connectivity index (χ2n) is 4.51. The Hall–Kier alpha value is -0.570. The first kappa shape index (κ1) is 9.97. The number of esters is 1. The van der Waals surface area contributed by atoms with Crippen molar-refractivity contribution in [3.05, 3.63) is 0 Å². The maximum absolute atomic E-state index is 11.6. The Morgan fingerprint density at radius 2 is 2.36 bits per heavy atom. The van der Waals surface area contributed by atoms with E-state index >= 15 is 0 Å². The van der Waals surface area contributed by atoms with Gasteiger partial charge in [-0.2, -0.15) is 0 Å². The maximum atomic E-state index is 11.6. The van der Waals surface area contributed by atoms with Crippen molar-refractivity contribution in [3.8, 4) is 0 Å². The third-order valence-electron chi connectivity index (χ3n) is 3.98. The first-order chi connectivity index (χ1) is 6.60. The molecule has 0 aromatic heterocycles. The minimum absolute atomic E-state index is 0.186. The molecule has 80 valence electrons. The summed E-state index contributed by atoms with van der Waals surface area (Å²) < 4.78 is 10.5. The van der Waals surface area contributed by atoms with Crippen LogP contribution in [0.25, 0.3) is 0 Å². The van der Waals surface area contributed by atoms with E-state index in [9.17, 15) is 4.79 Å². The van der Waals surface area contributed by atoms with E-state index < -0.39 is 5.60 Å². The number of rotatable bonds is 2. The third-order valence-corrected chi connectivity index (χ3v) is 3.98. The Kier molecular flexibility index (Phi) is 2.11. The average Bonchev–Trinajstić information content (AvgIpc) is 2.61. The lowest BCUT2D eigenvalue weighted by Crippen LogP contribution is -2.34. The molecule has 0 N–H and O–H groups in total. The summed E-state index contributed by atoms with van der Waals surface area (Å²) in [7, 11) is 1.43. The average molecular weight is 198 g/mol. The fourth-order valence-electron chi connectivity index (χ4n) is 3.09. The molecule has 14 heavy (non-hydrogen) atoms. The van der Waals surface area contributed by atoms with E-state index in [1.807, 2.05) is 6.92 Å². The molecule has 0 aromatic rings. The highest BCUT2D eigenvalue weighted by molar-refractivity contribution is 5.84. The first-order valence-corrected chi connectivity index (χ1v) is 5.39. The molecule has 0 amide bonds. The molecule has 3 heteroatoms. The van der Waals surface area contributed by atoms with Gasteiger partial charge in [-0.05, 0) is 25.7 Å². The lowest BCUT2D eigenvalue weighted by Gasteiger charge is -2.16. The van der Waals surface area contributed by atoms with Gasteiger partial charge in [0.05, 0.1) is 7.11 Å². The number of hydrogen-bond donors (Lipinski definition) is 0. The van der Waals surface area contributed by atoms with Crippen LogP contribution in [-0.2, 0) is 14.3 Å². The van der Waals surface area contributed by atoms with Gasteiger partial charge in [0.15, 0.2) is 5.60 Å². The van der Waals surface area contributed by atoms with Crippen LogP contribution >= 0.6 is 0 Å². The van der Waals surface area contributed by atoms with E-state index in [1.54, 1.807) is 0 Å². The van der Waals surface area contributed by atoms with Crippen LogP contribution in [0.2, 0.25) is 0 Å². The van der Waals surface area contributed by atoms with E-state index in [-0.39, 0.29) is 11.6 Å². The van der Waals surface area contributed by atoms with Crippen molar-refractivity contribution in [2.45, 2.75) is 50.7 Å². The Morgan fingerprint density at radius 3 is 2.93 bits per heavy atom. The van der Waals surface area contributed by atoms with E-state index in [0.717, 1.165) is 12.8 Å². The largest absolute Gasteiger partial charge is 0.467 e. The molecule has 1 aliphatic carbocycles. The summed E-state index contributed by atoms with van der Waals surface area (Å²) in [6.45, 7) is 4.03. The summed E-state index contributed by atoms with van der Waals surface area (Å²) in [5.74, 6) is 0.324. The number of epoxide rings is 1. The Morgan fingerprint density at radius 1 is 1.64 bits per heavy atom. The van der Waals surface area contributed by atoms with Crippen molar-refractivity contribution in [1.29, 1.82) is 0 Å². The standard InChI is InChI=1S/C11H18O3/c1-4-8-6-5-7-11(8)10(2,14-11)9(12)13-3/h8H,4-7H2,1-3H3. The van der Waals surface area contributed by atoms with Gasteiger partial charge in [-0.1, -0.05) is 19.8 Å². The van der Waals surface area contributed by atoms with Crippen LogP contribution in [0.5, 0.6) is 0 Å². The zero-order valence-electron chi connectivity index (χ0n) is 9.13. The normalized spacial score (nSPS) is 45.5. The lowest BCUT2D eigenvalue weighted by molar-refractivity contribution is -0.146. The summed E-state index contributed by atoms with van der Waals surface area (Å²) >= 11 is 0. The van der Waals surface area contributed by atoms with Gasteiger partial charge in [0, 0.05) is 0 Å². The molecule has 0 aromatic carbocycles. The van der Waals surface area contributed by atoms with Crippen LogP contribution in [-0.4, -0.2) is 24.3 Å². The molecular weight excluding hydrogens is 180 g/mol. The van der Waals surface area contributed by atoms with Crippen LogP contribution in [0.15, 0.2) is 0 Å². The van der Waals surface area contributed by atoms with Crippen LogP contribution in [0.4, 0.5) is 0 Å². The Balaban J connectivity index is 2.18. The second-order valence-corrected chi connectivity index (χ2v) is 4.51. The molecule has 2 aliphatic rings. The molecule has 1 aliphatic heterocycles. The molecule has 1 spiro atoms. The van der Waals surface area contributed by atoms with Gasteiger partial charge in [0.25, 0.3) is 0 Å². The van der Waals surface area contributed by atoms with E-state index in [0.29, 0.717) is 5.92 Å². The maximum Gasteiger partial charge on any atom is 0.340 e. The number of carbonyl (C=O) groups excluding carboxylic acids is 1. The summed E-state index contributed by atoms with van der Waals surface area (Å²) in [5, 5.41) is 0. The monoisotopic (exact) mass is 198 g/mol. The summed E-state index contributed by atoms with van der Waals surface area (Å²) in [4.78, 5) is 11.6. The predicted molar refractivity (Wildman–Crippen MR) is 51.9 cm³/mol. The van der Waals surface area contributed by atoms with Gasteiger partial charge in [-0.15, -0.1) is 0 Å². The van der Waals surface area contributed by atoms with Gasteiger partial charge in [0.2, 0.25) is 0 Å². The fourth-order valence-corrected chi connectivity index (χ4v) is 3.09. The SMILES string of the molecule is CCC1CCCC12OC2(C)C(=O)OC. The summed E-state index contributed by atoms with van der Waals surface area (Å²) in [6.07, 6.45) is 4.46. The Bertz CT molecular complexity index is 263. The van der Waals surface area contributed by atoms with Crippen molar-refractivity contribution in [3.63, 3.8) is 0 Å². The Labute approximate surface area is 84.8 Å². The minimum atomic E-state index is -0.654. The molecule has 0 bridgehead atoms. The number of methoxy groups -OCH3 is 1. The topological polar surface area (TPSA) is 38.8 Å². The highest BCUT2D eigenvalue weighted by Gasteiger charge is 2.75. The molecule has 1 heterocycles. The molecule has 3 nitrogen and oxygen atoms in total. The van der Waals surface area contributed by atoms with Crippen LogP contribution in [0.3, 0.4) is 0 Å². The number of carbonyl (C=O) groups is 1. The first-order valence-electron chi connectivity index (χ1n) is 5.39. The van der Waals surface area contributed by atoms with Crippen molar-refractivity contribution in [2.75, 3.05) is 7.11 Å². The highest BCUT2D eigenvalue weighted by Crippen LogP contribution is 2.61. The molecule has 3 atom stereocenters. The summed E-state index contributed by atoms with van der Waals surface area (Å²) in [6, 6.07) is 0. The van der Waals surface area contributed by atoms with Crippen LogP contribution in [0, 0.1) is 5.92 Å². The number of ether oxygens (including phenoxy) is 2. The quantitative estimate of drug-likeness (QED) is 0.502. The van der Waals surface area contributed by atoms with Gasteiger partial charge >= 0.3 is 5.97 Å². The third kappa shape index (κ3) is 0.991. The van der Waals surface area contributed by atoms with E-state index in [1.165, 1.54) is 20.0 Å². The van der Waals surface area contributed by atoms with Gasteiger partial charge < -0.3 is 9.47 Å². The van der Waals surface area contributed by atoms with E-state index in [4.69, 9.17) is 9.47 Å². The van der Waals surface area contributed by atoms with Gasteiger partial charge in [0.1, 0.15) is 5.60 Å². The van der Waals surface area contributed by atoms with Gasteiger partial charge in [-0.3, -0.25) is 0 Å². The molecule has 2 rings (SSSR count). The zero-order chi connectivity index (χ0) is 10.4. The molecule has 0 radical (unpaired) electrons. The smallest absolute Gasteiger partial charge is 0.340 e. The fraction of sp³-hybridized carbons (Fsp3) is 0.909. The minimum Gasteiger partial charge on any atom is -0.467 e. The molecule has 1 saturated heterocycles. The second kappa shape index (κ2) is 2.96.